The fourth-order valence-corrected chi connectivity index (χ4v) is 2.25. The van der Waals surface area contributed by atoms with Crippen molar-refractivity contribution in [1.82, 2.24) is 0 Å². The highest BCUT2D eigenvalue weighted by molar-refractivity contribution is 6.65. The van der Waals surface area contributed by atoms with E-state index < -0.39 is 33.7 Å². The zero-order valence-corrected chi connectivity index (χ0v) is 11.2. The third kappa shape index (κ3) is 2.58. The molecule has 0 radical (unpaired) electrons. The summed E-state index contributed by atoms with van der Waals surface area (Å²) in [4.78, 5) is 11.7. The van der Waals surface area contributed by atoms with E-state index in [4.69, 9.17) is 16.0 Å². The molecule has 106 valence electrons. The van der Waals surface area contributed by atoms with Gasteiger partial charge in [0.1, 0.15) is 23.2 Å². The van der Waals surface area contributed by atoms with Crippen molar-refractivity contribution in [3.63, 3.8) is 0 Å². The Hall–Kier alpha value is -1.75. The van der Waals surface area contributed by atoms with Gasteiger partial charge in [0.05, 0.1) is 11.7 Å². The Balaban J connectivity index is 2.56. The first kappa shape index (κ1) is 14.7. The molecule has 0 aliphatic heterocycles. The van der Waals surface area contributed by atoms with Crippen LogP contribution in [0.5, 0.6) is 0 Å². The van der Waals surface area contributed by atoms with E-state index in [-0.39, 0.29) is 6.42 Å². The predicted octanol–water partition coefficient (Wildman–Crippen LogP) is 3.96. The number of carbonyl (C=O) groups excluding carboxylic acids is 1. The van der Waals surface area contributed by atoms with Crippen LogP contribution in [0.3, 0.4) is 0 Å². The Morgan fingerprint density at radius 3 is 2.35 bits per heavy atom. The van der Waals surface area contributed by atoms with E-state index in [0.29, 0.717) is 17.9 Å². The molecule has 1 aromatic heterocycles. The van der Waals surface area contributed by atoms with Crippen molar-refractivity contribution in [2.45, 2.75) is 18.8 Å². The van der Waals surface area contributed by atoms with Gasteiger partial charge in [-0.3, -0.25) is 4.79 Å². The first-order chi connectivity index (χ1) is 9.34. The summed E-state index contributed by atoms with van der Waals surface area (Å²) in [6, 6.07) is 4.15. The van der Waals surface area contributed by atoms with E-state index in [1.54, 1.807) is 12.1 Å². The van der Waals surface area contributed by atoms with Crippen LogP contribution in [-0.4, -0.2) is 5.24 Å². The Morgan fingerprint density at radius 1 is 1.30 bits per heavy atom. The highest BCUT2D eigenvalue weighted by Crippen LogP contribution is 2.35. The van der Waals surface area contributed by atoms with Crippen molar-refractivity contribution in [1.29, 1.82) is 0 Å². The minimum atomic E-state index is -1.69. The van der Waals surface area contributed by atoms with Gasteiger partial charge in [-0.2, -0.15) is 0 Å². The normalized spacial score (nSPS) is 14.1. The Labute approximate surface area is 118 Å². The summed E-state index contributed by atoms with van der Waals surface area (Å²) in [5.41, 5.74) is -2.27. The zero-order valence-electron chi connectivity index (χ0n) is 10.4. The topological polar surface area (TPSA) is 30.2 Å². The van der Waals surface area contributed by atoms with Gasteiger partial charge < -0.3 is 4.42 Å². The first-order valence-corrected chi connectivity index (χ1v) is 6.09. The Morgan fingerprint density at radius 2 is 1.90 bits per heavy atom. The number of benzene rings is 1. The van der Waals surface area contributed by atoms with Crippen LogP contribution in [0.15, 0.2) is 34.9 Å². The van der Waals surface area contributed by atoms with Gasteiger partial charge in [0.15, 0.2) is 0 Å². The Kier molecular flexibility index (Phi) is 3.90. The minimum absolute atomic E-state index is 0.137. The van der Waals surface area contributed by atoms with Crippen molar-refractivity contribution in [3.05, 3.63) is 59.3 Å². The lowest BCUT2D eigenvalue weighted by Crippen LogP contribution is -2.34. The quantitative estimate of drug-likeness (QED) is 0.800. The smallest absolute Gasteiger partial charge is 0.232 e. The number of hydrogen-bond donors (Lipinski definition) is 0. The highest BCUT2D eigenvalue weighted by atomic mass is 35.5. The molecule has 0 bridgehead atoms. The van der Waals surface area contributed by atoms with Crippen LogP contribution in [0.1, 0.15) is 18.2 Å². The molecule has 2 aromatic rings. The third-order valence-corrected chi connectivity index (χ3v) is 3.52. The molecule has 0 N–H and O–H groups in total. The molecule has 1 heterocycles. The van der Waals surface area contributed by atoms with Crippen molar-refractivity contribution >= 4 is 16.8 Å². The standard InChI is InChI=1S/C14H10ClF3O2/c1-14(13(15)19,7-9-3-2-4-20-9)12-10(17)5-8(16)6-11(12)18/h2-6H,7H2,1H3. The third-order valence-electron chi connectivity index (χ3n) is 3.10. The number of carbonyl (C=O) groups is 1. The van der Waals surface area contributed by atoms with Gasteiger partial charge in [0.2, 0.25) is 5.24 Å². The van der Waals surface area contributed by atoms with Crippen LogP contribution in [0.2, 0.25) is 0 Å². The average Bonchev–Trinajstić information content (AvgIpc) is 2.79. The summed E-state index contributed by atoms with van der Waals surface area (Å²) < 4.78 is 45.8. The Bertz CT molecular complexity index is 617. The number of furan rings is 1. The van der Waals surface area contributed by atoms with E-state index in [1.807, 2.05) is 0 Å². The molecule has 1 atom stereocenters. The van der Waals surface area contributed by atoms with E-state index in [2.05, 4.69) is 0 Å². The summed E-state index contributed by atoms with van der Waals surface area (Å²) in [5, 5.41) is -0.960. The molecule has 0 amide bonds. The molecule has 6 heteroatoms. The fourth-order valence-electron chi connectivity index (χ4n) is 2.09. The molecule has 0 saturated carbocycles. The van der Waals surface area contributed by atoms with Gasteiger partial charge >= 0.3 is 0 Å². The molecule has 0 fully saturated rings. The lowest BCUT2D eigenvalue weighted by Gasteiger charge is -2.25. The molecular formula is C14H10ClF3O2. The molecule has 1 unspecified atom stereocenters. The molecular weight excluding hydrogens is 293 g/mol. The second-order valence-electron chi connectivity index (χ2n) is 4.61. The number of hydrogen-bond acceptors (Lipinski definition) is 2. The highest BCUT2D eigenvalue weighted by Gasteiger charge is 2.40. The summed E-state index contributed by atoms with van der Waals surface area (Å²) in [6.45, 7) is 1.28. The van der Waals surface area contributed by atoms with Gasteiger partial charge in [0.25, 0.3) is 0 Å². The van der Waals surface area contributed by atoms with Gasteiger partial charge in [-0.15, -0.1) is 0 Å². The largest absolute Gasteiger partial charge is 0.469 e. The summed E-state index contributed by atoms with van der Waals surface area (Å²) in [7, 11) is 0. The van der Waals surface area contributed by atoms with E-state index in [0.717, 1.165) is 0 Å². The maximum absolute atomic E-state index is 13.9. The van der Waals surface area contributed by atoms with Crippen LogP contribution in [0.25, 0.3) is 0 Å². The molecule has 0 aliphatic rings. The average molecular weight is 303 g/mol. The van der Waals surface area contributed by atoms with Crippen LogP contribution < -0.4 is 0 Å². The van der Waals surface area contributed by atoms with Crippen molar-refractivity contribution in [2.24, 2.45) is 0 Å². The molecule has 0 saturated heterocycles. The summed E-state index contributed by atoms with van der Waals surface area (Å²) >= 11 is 5.51. The van der Waals surface area contributed by atoms with Crippen LogP contribution in [0, 0.1) is 17.5 Å². The van der Waals surface area contributed by atoms with Crippen molar-refractivity contribution in [3.8, 4) is 0 Å². The van der Waals surface area contributed by atoms with E-state index in [1.165, 1.54) is 13.2 Å². The molecule has 1 aromatic carbocycles. The molecule has 2 nitrogen and oxygen atoms in total. The minimum Gasteiger partial charge on any atom is -0.469 e. The van der Waals surface area contributed by atoms with Crippen molar-refractivity contribution < 1.29 is 22.4 Å². The summed E-state index contributed by atoms with van der Waals surface area (Å²) in [5.74, 6) is -3.05. The number of rotatable bonds is 4. The summed E-state index contributed by atoms with van der Waals surface area (Å²) in [6.07, 6.45) is 1.23. The van der Waals surface area contributed by atoms with Gasteiger partial charge in [-0.25, -0.2) is 13.2 Å². The van der Waals surface area contributed by atoms with Crippen molar-refractivity contribution in [2.75, 3.05) is 0 Å². The van der Waals surface area contributed by atoms with Crippen LogP contribution in [0.4, 0.5) is 13.2 Å². The van der Waals surface area contributed by atoms with Gasteiger partial charge in [-0.05, 0) is 30.7 Å². The fraction of sp³-hybridized carbons (Fsp3) is 0.214. The molecule has 20 heavy (non-hydrogen) atoms. The number of halogens is 4. The lowest BCUT2D eigenvalue weighted by atomic mass is 9.79. The van der Waals surface area contributed by atoms with Gasteiger partial charge in [0, 0.05) is 24.1 Å². The lowest BCUT2D eigenvalue weighted by molar-refractivity contribution is -0.116. The molecule has 0 aliphatic carbocycles. The SMILES string of the molecule is CC(Cc1ccco1)(C(=O)Cl)c1c(F)cc(F)cc1F. The first-order valence-electron chi connectivity index (χ1n) is 5.72. The molecule has 0 spiro atoms. The molecule has 2 rings (SSSR count). The second kappa shape index (κ2) is 5.32. The maximum atomic E-state index is 13.9. The van der Waals surface area contributed by atoms with E-state index in [9.17, 15) is 18.0 Å². The zero-order chi connectivity index (χ0) is 14.9. The van der Waals surface area contributed by atoms with Gasteiger partial charge in [-0.1, -0.05) is 0 Å². The van der Waals surface area contributed by atoms with Crippen LogP contribution in [-0.2, 0) is 16.6 Å². The monoisotopic (exact) mass is 302 g/mol. The predicted molar refractivity (Wildman–Crippen MR) is 66.9 cm³/mol. The maximum Gasteiger partial charge on any atom is 0.232 e. The van der Waals surface area contributed by atoms with E-state index >= 15 is 0 Å². The second-order valence-corrected chi connectivity index (χ2v) is 4.95. The van der Waals surface area contributed by atoms with Crippen LogP contribution >= 0.6 is 11.6 Å².